The Hall–Kier alpha value is -2.45. The van der Waals surface area contributed by atoms with E-state index in [2.05, 4.69) is 78.0 Å². The van der Waals surface area contributed by atoms with E-state index in [0.29, 0.717) is 0 Å². The fourth-order valence-electron chi connectivity index (χ4n) is 5.15. The number of aromatic nitrogens is 1. The van der Waals surface area contributed by atoms with Crippen LogP contribution in [0.25, 0.3) is 48.6 Å². The number of thiazole rings is 1. The van der Waals surface area contributed by atoms with E-state index in [0.717, 1.165) is 6.42 Å². The molecule has 0 radical (unpaired) electrons. The summed E-state index contributed by atoms with van der Waals surface area (Å²) in [6.07, 6.45) is 5.71. The molecular formula is C28H27NS. The first-order chi connectivity index (χ1) is 14.1. The van der Waals surface area contributed by atoms with Crippen LogP contribution < -0.4 is 0 Å². The van der Waals surface area contributed by atoms with E-state index in [4.69, 9.17) is 4.98 Å². The quantitative estimate of drug-likeness (QED) is 0.234. The molecule has 0 spiro atoms. The largest absolute Gasteiger partial charge is 0.244 e. The van der Waals surface area contributed by atoms with Crippen LogP contribution in [0.5, 0.6) is 0 Å². The summed E-state index contributed by atoms with van der Waals surface area (Å²) in [5.74, 6) is 0. The van der Waals surface area contributed by atoms with Gasteiger partial charge in [-0.1, -0.05) is 59.8 Å². The van der Waals surface area contributed by atoms with Gasteiger partial charge in [0, 0.05) is 10.8 Å². The number of benzene rings is 4. The first kappa shape index (κ1) is 18.3. The number of nitrogens with zero attached hydrogens (tertiary/aromatic N) is 1. The van der Waals surface area contributed by atoms with Crippen molar-refractivity contribution in [2.75, 3.05) is 0 Å². The normalized spacial score (nSPS) is 14.7. The highest BCUT2D eigenvalue weighted by Gasteiger charge is 2.26. The van der Waals surface area contributed by atoms with Crippen LogP contribution in [0.15, 0.2) is 35.9 Å². The Morgan fingerprint density at radius 1 is 0.767 bits per heavy atom. The zero-order valence-corrected chi connectivity index (χ0v) is 19.4. The lowest BCUT2D eigenvalue weighted by molar-refractivity contribution is 0.591. The first-order valence-corrected chi connectivity index (χ1v) is 11.7. The maximum absolute atomic E-state index is 4.88. The molecule has 150 valence electrons. The molecular weight excluding hydrogens is 382 g/mol. The maximum atomic E-state index is 4.88. The minimum Gasteiger partial charge on any atom is -0.244 e. The zero-order valence-electron chi connectivity index (χ0n) is 18.6. The molecule has 1 aromatic heterocycles. The van der Waals surface area contributed by atoms with Gasteiger partial charge in [-0.3, -0.25) is 0 Å². The second kappa shape index (κ2) is 5.62. The summed E-state index contributed by atoms with van der Waals surface area (Å²) in [4.78, 5) is 4.88. The molecule has 30 heavy (non-hydrogen) atoms. The van der Waals surface area contributed by atoms with Crippen molar-refractivity contribution in [2.45, 2.75) is 58.8 Å². The van der Waals surface area contributed by atoms with E-state index in [1.54, 1.807) is 11.3 Å². The third-order valence-electron chi connectivity index (χ3n) is 6.87. The molecule has 0 unspecified atom stereocenters. The topological polar surface area (TPSA) is 12.9 Å². The standard InChI is InChI=1S/C28H27NS/c1-27(2,3)15-10-19-17-8-7-9-18(17)20-11-16(28(4,5)6)13-22-24(20)23(19)21(12-15)25-26(22)30-14-29-25/h7,9-14H,8H2,1-6H3. The van der Waals surface area contributed by atoms with Gasteiger partial charge in [-0.05, 0) is 79.2 Å². The molecule has 4 aromatic carbocycles. The predicted molar refractivity (Wildman–Crippen MR) is 133 cm³/mol. The number of allylic oxidation sites excluding steroid dienone is 1. The van der Waals surface area contributed by atoms with Gasteiger partial charge in [0.1, 0.15) is 0 Å². The summed E-state index contributed by atoms with van der Waals surface area (Å²) < 4.78 is 1.33. The van der Waals surface area contributed by atoms with Crippen molar-refractivity contribution in [1.82, 2.24) is 4.98 Å². The van der Waals surface area contributed by atoms with Gasteiger partial charge in [-0.15, -0.1) is 11.3 Å². The van der Waals surface area contributed by atoms with Gasteiger partial charge in [0.25, 0.3) is 0 Å². The molecule has 0 amide bonds. The Morgan fingerprint density at radius 2 is 1.37 bits per heavy atom. The lowest BCUT2D eigenvalue weighted by Crippen LogP contribution is -2.12. The van der Waals surface area contributed by atoms with Crippen LogP contribution in [-0.2, 0) is 17.3 Å². The molecule has 0 N–H and O–H groups in total. The third-order valence-corrected chi connectivity index (χ3v) is 7.73. The van der Waals surface area contributed by atoms with Crippen LogP contribution in [0.1, 0.15) is 63.8 Å². The average Bonchev–Trinajstić information content (AvgIpc) is 3.35. The Morgan fingerprint density at radius 3 is 2.07 bits per heavy atom. The summed E-state index contributed by atoms with van der Waals surface area (Å²) in [5.41, 5.74) is 9.11. The lowest BCUT2D eigenvalue weighted by atomic mass is 9.79. The molecule has 0 aliphatic heterocycles. The van der Waals surface area contributed by atoms with Gasteiger partial charge in [0.15, 0.2) is 0 Å². The molecule has 1 aliphatic carbocycles. The Labute approximate surface area is 181 Å². The SMILES string of the molecule is CC(C)(C)c1cc2c3c(c4cc(C(C)(C)C)cc5c6scnc6c(c1)c2c45)C=CC3. The van der Waals surface area contributed by atoms with Gasteiger partial charge in [0.2, 0.25) is 0 Å². The highest BCUT2D eigenvalue weighted by atomic mass is 32.1. The Bertz CT molecular complexity index is 1520. The second-order valence-electron chi connectivity index (χ2n) is 10.9. The van der Waals surface area contributed by atoms with E-state index in [9.17, 15) is 0 Å². The molecule has 2 heteroatoms. The van der Waals surface area contributed by atoms with Crippen molar-refractivity contribution in [1.29, 1.82) is 0 Å². The lowest BCUT2D eigenvalue weighted by Gasteiger charge is -2.25. The zero-order chi connectivity index (χ0) is 21.0. The van der Waals surface area contributed by atoms with Crippen molar-refractivity contribution >= 4 is 59.9 Å². The van der Waals surface area contributed by atoms with E-state index >= 15 is 0 Å². The Balaban J connectivity index is 1.96. The average molecular weight is 410 g/mol. The van der Waals surface area contributed by atoms with Gasteiger partial charge in [-0.2, -0.15) is 0 Å². The first-order valence-electron chi connectivity index (χ1n) is 10.9. The van der Waals surface area contributed by atoms with Gasteiger partial charge >= 0.3 is 0 Å². The summed E-state index contributed by atoms with van der Waals surface area (Å²) >= 11 is 1.78. The fraction of sp³-hybridized carbons (Fsp3) is 0.321. The van der Waals surface area contributed by atoms with Crippen LogP contribution in [0, 0.1) is 0 Å². The van der Waals surface area contributed by atoms with Crippen LogP contribution >= 0.6 is 11.3 Å². The molecule has 0 saturated heterocycles. The number of hydrogen-bond acceptors (Lipinski definition) is 2. The number of fused-ring (bicyclic) bond motifs is 6. The minimum absolute atomic E-state index is 0.102. The molecule has 5 aromatic rings. The van der Waals surface area contributed by atoms with E-state index in [1.165, 1.54) is 64.8 Å². The van der Waals surface area contributed by atoms with Crippen molar-refractivity contribution < 1.29 is 0 Å². The minimum atomic E-state index is 0.102. The van der Waals surface area contributed by atoms with Crippen molar-refractivity contribution in [2.24, 2.45) is 0 Å². The summed E-state index contributed by atoms with van der Waals surface area (Å²) in [6.45, 7) is 13.9. The summed E-state index contributed by atoms with van der Waals surface area (Å²) in [7, 11) is 0. The van der Waals surface area contributed by atoms with Crippen LogP contribution in [0.3, 0.4) is 0 Å². The number of rotatable bonds is 0. The third kappa shape index (κ3) is 2.32. The van der Waals surface area contributed by atoms with Crippen LogP contribution in [0.2, 0.25) is 0 Å². The number of hydrogen-bond donors (Lipinski definition) is 0. The maximum Gasteiger partial charge on any atom is 0.0897 e. The molecule has 1 heterocycles. The van der Waals surface area contributed by atoms with E-state index < -0.39 is 0 Å². The monoisotopic (exact) mass is 409 g/mol. The van der Waals surface area contributed by atoms with Crippen LogP contribution in [0.4, 0.5) is 0 Å². The van der Waals surface area contributed by atoms with Crippen molar-refractivity contribution in [3.05, 3.63) is 58.1 Å². The summed E-state index contributed by atoms with van der Waals surface area (Å²) in [5, 5.41) is 8.37. The summed E-state index contributed by atoms with van der Waals surface area (Å²) in [6, 6.07) is 9.77. The molecule has 0 bridgehead atoms. The van der Waals surface area contributed by atoms with Gasteiger partial charge in [-0.25, -0.2) is 4.98 Å². The Kier molecular flexibility index (Phi) is 3.43. The molecule has 6 rings (SSSR count). The molecule has 0 fully saturated rings. The van der Waals surface area contributed by atoms with Gasteiger partial charge < -0.3 is 0 Å². The van der Waals surface area contributed by atoms with Crippen molar-refractivity contribution in [3.8, 4) is 0 Å². The van der Waals surface area contributed by atoms with Crippen molar-refractivity contribution in [3.63, 3.8) is 0 Å². The predicted octanol–water partition coefficient (Wildman–Crippen LogP) is 8.36. The van der Waals surface area contributed by atoms with Crippen LogP contribution in [-0.4, -0.2) is 4.98 Å². The molecule has 1 aliphatic rings. The highest BCUT2D eigenvalue weighted by molar-refractivity contribution is 7.18. The van der Waals surface area contributed by atoms with Gasteiger partial charge in [0.05, 0.1) is 15.7 Å². The second-order valence-corrected chi connectivity index (χ2v) is 11.8. The van der Waals surface area contributed by atoms with E-state index in [1.807, 2.05) is 5.51 Å². The fourth-order valence-corrected chi connectivity index (χ4v) is 5.97. The molecule has 1 nitrogen and oxygen atoms in total. The highest BCUT2D eigenvalue weighted by Crippen LogP contribution is 2.48. The molecule has 0 atom stereocenters. The van der Waals surface area contributed by atoms with E-state index in [-0.39, 0.29) is 10.8 Å². The molecule has 0 saturated carbocycles. The smallest absolute Gasteiger partial charge is 0.0897 e.